The fourth-order valence-electron chi connectivity index (χ4n) is 1.51. The van der Waals surface area contributed by atoms with Gasteiger partial charge in [0.15, 0.2) is 0 Å². The molecule has 0 aliphatic carbocycles. The van der Waals surface area contributed by atoms with Gasteiger partial charge in [-0.2, -0.15) is 5.11 Å². The van der Waals surface area contributed by atoms with Crippen molar-refractivity contribution < 1.29 is 4.74 Å². The summed E-state index contributed by atoms with van der Waals surface area (Å²) in [5.41, 5.74) is 1.18. The highest BCUT2D eigenvalue weighted by Crippen LogP contribution is 2.31. The van der Waals surface area contributed by atoms with Crippen LogP contribution in [0.3, 0.4) is 0 Å². The summed E-state index contributed by atoms with van der Waals surface area (Å²) in [6, 6.07) is 8.16. The molecule has 2 rings (SSSR count). The molecule has 0 aromatic heterocycles. The van der Waals surface area contributed by atoms with Crippen LogP contribution in [0, 0.1) is 0 Å². The van der Waals surface area contributed by atoms with Crippen LogP contribution in [0.25, 0.3) is 4.91 Å². The smallest absolute Gasteiger partial charge is 0.119 e. The molecular weight excluding hydrogens is 232 g/mol. The van der Waals surface area contributed by atoms with Crippen LogP contribution in [0.5, 0.6) is 5.75 Å². The van der Waals surface area contributed by atoms with E-state index in [1.165, 1.54) is 22.4 Å². The van der Waals surface area contributed by atoms with Crippen LogP contribution in [0.15, 0.2) is 40.0 Å². The molecule has 1 aromatic rings. The van der Waals surface area contributed by atoms with Crippen molar-refractivity contribution in [3.8, 4) is 5.75 Å². The van der Waals surface area contributed by atoms with Gasteiger partial charge >= 0.3 is 0 Å². The number of hydrogen-bond acceptors (Lipinski definition) is 4. The van der Waals surface area contributed by atoms with Gasteiger partial charge in [-0.3, -0.25) is 0 Å². The maximum absolute atomic E-state index is 5.55. The zero-order chi connectivity index (χ0) is 11.9. The SMILES string of the molecule is CCCOc1ccc(C2=CCCN=NS2)cc1. The zero-order valence-electron chi connectivity index (χ0n) is 9.93. The van der Waals surface area contributed by atoms with E-state index in [1.807, 2.05) is 12.1 Å². The third-order valence-corrected chi connectivity index (χ3v) is 3.16. The number of nitrogens with zero attached hydrogens (tertiary/aromatic N) is 2. The Bertz CT molecular complexity index is 412. The van der Waals surface area contributed by atoms with Gasteiger partial charge in [-0.1, -0.05) is 25.1 Å². The zero-order valence-corrected chi connectivity index (χ0v) is 10.7. The number of rotatable bonds is 4. The van der Waals surface area contributed by atoms with Crippen molar-refractivity contribution in [1.82, 2.24) is 0 Å². The minimum Gasteiger partial charge on any atom is -0.494 e. The topological polar surface area (TPSA) is 34.0 Å². The highest BCUT2D eigenvalue weighted by Gasteiger charge is 2.05. The van der Waals surface area contributed by atoms with E-state index in [0.29, 0.717) is 0 Å². The molecule has 1 heterocycles. The van der Waals surface area contributed by atoms with Crippen molar-refractivity contribution in [2.75, 3.05) is 13.2 Å². The minimum absolute atomic E-state index is 0.769. The second-order valence-electron chi connectivity index (χ2n) is 3.77. The summed E-state index contributed by atoms with van der Waals surface area (Å²) in [6.07, 6.45) is 4.18. The van der Waals surface area contributed by atoms with Gasteiger partial charge in [0.05, 0.1) is 13.2 Å². The first-order valence-corrected chi connectivity index (χ1v) is 6.64. The lowest BCUT2D eigenvalue weighted by Crippen LogP contribution is -1.94. The third kappa shape index (κ3) is 3.60. The van der Waals surface area contributed by atoms with Crippen molar-refractivity contribution in [2.45, 2.75) is 19.8 Å². The molecule has 0 bridgehead atoms. The van der Waals surface area contributed by atoms with E-state index >= 15 is 0 Å². The van der Waals surface area contributed by atoms with Gasteiger partial charge in [0.2, 0.25) is 0 Å². The Labute approximate surface area is 106 Å². The molecule has 0 fully saturated rings. The standard InChI is InChI=1S/C13H16N2OS/c1-2-10-16-12-7-5-11(6-8-12)13-4-3-9-14-15-17-13/h4-8H,2-3,9-10H2,1H3. The summed E-state index contributed by atoms with van der Waals surface area (Å²) >= 11 is 1.44. The van der Waals surface area contributed by atoms with Crippen LogP contribution in [0.4, 0.5) is 0 Å². The fraction of sp³-hybridized carbons (Fsp3) is 0.385. The molecule has 0 unspecified atom stereocenters. The van der Waals surface area contributed by atoms with Gasteiger partial charge in [-0.25, -0.2) is 0 Å². The molecule has 17 heavy (non-hydrogen) atoms. The Morgan fingerprint density at radius 2 is 2.12 bits per heavy atom. The summed E-state index contributed by atoms with van der Waals surface area (Å²) in [5.74, 6) is 0.927. The van der Waals surface area contributed by atoms with E-state index < -0.39 is 0 Å². The summed E-state index contributed by atoms with van der Waals surface area (Å²) in [4.78, 5) is 1.17. The van der Waals surface area contributed by atoms with Crippen LogP contribution < -0.4 is 4.74 Å². The first kappa shape index (κ1) is 12.2. The molecule has 0 saturated heterocycles. The number of hydrogen-bond donors (Lipinski definition) is 0. The lowest BCUT2D eigenvalue weighted by molar-refractivity contribution is 0.317. The molecule has 0 N–H and O–H groups in total. The molecule has 0 saturated carbocycles. The summed E-state index contributed by atoms with van der Waals surface area (Å²) in [7, 11) is 0. The molecule has 0 atom stereocenters. The minimum atomic E-state index is 0.769. The highest BCUT2D eigenvalue weighted by atomic mass is 32.2. The predicted molar refractivity (Wildman–Crippen MR) is 72.1 cm³/mol. The molecule has 1 aliphatic rings. The lowest BCUT2D eigenvalue weighted by Gasteiger charge is -2.06. The second kappa shape index (κ2) is 6.45. The van der Waals surface area contributed by atoms with E-state index in [1.54, 1.807) is 0 Å². The lowest BCUT2D eigenvalue weighted by atomic mass is 10.2. The van der Waals surface area contributed by atoms with Crippen molar-refractivity contribution in [3.05, 3.63) is 35.9 Å². The molecule has 0 spiro atoms. The van der Waals surface area contributed by atoms with E-state index in [2.05, 4.69) is 34.8 Å². The Morgan fingerprint density at radius 3 is 2.88 bits per heavy atom. The van der Waals surface area contributed by atoms with Gasteiger partial charge in [0.1, 0.15) is 5.75 Å². The second-order valence-corrected chi connectivity index (χ2v) is 4.55. The molecule has 1 aromatic carbocycles. The molecular formula is C13H16N2OS. The average Bonchev–Trinajstić information content (AvgIpc) is 2.66. The van der Waals surface area contributed by atoms with Crippen molar-refractivity contribution in [1.29, 1.82) is 0 Å². The normalized spacial score (nSPS) is 15.2. The Hall–Kier alpha value is -1.29. The van der Waals surface area contributed by atoms with Crippen LogP contribution in [0.2, 0.25) is 0 Å². The van der Waals surface area contributed by atoms with Crippen LogP contribution in [0.1, 0.15) is 25.3 Å². The number of ether oxygens (including phenoxy) is 1. The van der Waals surface area contributed by atoms with Gasteiger partial charge in [0, 0.05) is 16.9 Å². The third-order valence-electron chi connectivity index (χ3n) is 2.37. The van der Waals surface area contributed by atoms with Gasteiger partial charge in [-0.15, -0.1) is 4.52 Å². The van der Waals surface area contributed by atoms with E-state index in [9.17, 15) is 0 Å². The Balaban J connectivity index is 2.06. The van der Waals surface area contributed by atoms with Crippen molar-refractivity contribution >= 4 is 16.9 Å². The monoisotopic (exact) mass is 248 g/mol. The molecule has 4 heteroatoms. The van der Waals surface area contributed by atoms with Gasteiger partial charge in [-0.05, 0) is 30.5 Å². The largest absolute Gasteiger partial charge is 0.494 e. The van der Waals surface area contributed by atoms with Crippen molar-refractivity contribution in [2.24, 2.45) is 9.63 Å². The fourth-order valence-corrected chi connectivity index (χ4v) is 2.17. The van der Waals surface area contributed by atoms with Crippen molar-refractivity contribution in [3.63, 3.8) is 0 Å². The quantitative estimate of drug-likeness (QED) is 0.743. The van der Waals surface area contributed by atoms with E-state index in [-0.39, 0.29) is 0 Å². The molecule has 1 aliphatic heterocycles. The molecule has 0 amide bonds. The molecule has 90 valence electrons. The highest BCUT2D eigenvalue weighted by molar-refractivity contribution is 8.07. The van der Waals surface area contributed by atoms with Crippen LogP contribution in [-0.2, 0) is 0 Å². The first-order chi connectivity index (χ1) is 8.40. The summed E-state index contributed by atoms with van der Waals surface area (Å²) < 4.78 is 9.60. The van der Waals surface area contributed by atoms with Gasteiger partial charge in [0.25, 0.3) is 0 Å². The maximum atomic E-state index is 5.55. The first-order valence-electron chi connectivity index (χ1n) is 5.87. The molecule has 0 radical (unpaired) electrons. The maximum Gasteiger partial charge on any atom is 0.119 e. The van der Waals surface area contributed by atoms with E-state index in [4.69, 9.17) is 4.74 Å². The Kier molecular flexibility index (Phi) is 4.62. The summed E-state index contributed by atoms with van der Waals surface area (Å²) in [6.45, 7) is 3.66. The number of benzene rings is 1. The van der Waals surface area contributed by atoms with Crippen LogP contribution >= 0.6 is 11.9 Å². The summed E-state index contributed by atoms with van der Waals surface area (Å²) in [5, 5.41) is 4.02. The molecule has 3 nitrogen and oxygen atoms in total. The van der Waals surface area contributed by atoms with E-state index in [0.717, 1.165) is 31.7 Å². The van der Waals surface area contributed by atoms with Gasteiger partial charge < -0.3 is 4.74 Å². The predicted octanol–water partition coefficient (Wildman–Crippen LogP) is 4.32. The van der Waals surface area contributed by atoms with Crippen LogP contribution in [-0.4, -0.2) is 13.2 Å². The Morgan fingerprint density at radius 1 is 1.29 bits per heavy atom. The average molecular weight is 248 g/mol.